The summed E-state index contributed by atoms with van der Waals surface area (Å²) in [6.07, 6.45) is 3.17. The highest BCUT2D eigenvalue weighted by Gasteiger charge is 2.18. The monoisotopic (exact) mass is 232 g/mol. The van der Waals surface area contributed by atoms with Gasteiger partial charge in [-0.1, -0.05) is 26.7 Å². The SMILES string of the molecule is CCCC(CCC)C(=O)OCCC(O)CO. The van der Waals surface area contributed by atoms with E-state index < -0.39 is 6.10 Å². The van der Waals surface area contributed by atoms with Gasteiger partial charge in [-0.15, -0.1) is 0 Å². The molecule has 0 aliphatic heterocycles. The Hall–Kier alpha value is -0.610. The van der Waals surface area contributed by atoms with Crippen molar-refractivity contribution in [2.24, 2.45) is 5.92 Å². The van der Waals surface area contributed by atoms with Crippen LogP contribution < -0.4 is 0 Å². The van der Waals surface area contributed by atoms with Crippen molar-refractivity contribution >= 4 is 5.97 Å². The van der Waals surface area contributed by atoms with Gasteiger partial charge in [0.05, 0.1) is 25.2 Å². The molecule has 0 fully saturated rings. The number of esters is 1. The van der Waals surface area contributed by atoms with Crippen LogP contribution in [0.3, 0.4) is 0 Å². The molecule has 0 aliphatic carbocycles. The lowest BCUT2D eigenvalue weighted by atomic mass is 9.99. The minimum absolute atomic E-state index is 0.0127. The van der Waals surface area contributed by atoms with E-state index in [1.807, 2.05) is 13.8 Å². The molecule has 0 saturated carbocycles. The fraction of sp³-hybridized carbons (Fsp3) is 0.917. The van der Waals surface area contributed by atoms with Gasteiger partial charge >= 0.3 is 5.97 Å². The van der Waals surface area contributed by atoms with Crippen LogP contribution in [0.2, 0.25) is 0 Å². The summed E-state index contributed by atoms with van der Waals surface area (Å²) in [5.41, 5.74) is 0. The molecule has 16 heavy (non-hydrogen) atoms. The molecule has 96 valence electrons. The highest BCUT2D eigenvalue weighted by Crippen LogP contribution is 2.15. The first kappa shape index (κ1) is 15.4. The van der Waals surface area contributed by atoms with Crippen molar-refractivity contribution in [1.29, 1.82) is 0 Å². The molecule has 0 aliphatic rings. The lowest BCUT2D eigenvalue weighted by Crippen LogP contribution is -2.21. The van der Waals surface area contributed by atoms with Gasteiger partial charge < -0.3 is 14.9 Å². The quantitative estimate of drug-likeness (QED) is 0.591. The van der Waals surface area contributed by atoms with E-state index >= 15 is 0 Å². The van der Waals surface area contributed by atoms with Crippen LogP contribution in [-0.2, 0) is 9.53 Å². The molecule has 0 spiro atoms. The number of aliphatic hydroxyl groups is 2. The highest BCUT2D eigenvalue weighted by molar-refractivity contribution is 5.72. The Labute approximate surface area is 97.6 Å². The lowest BCUT2D eigenvalue weighted by molar-refractivity contribution is -0.149. The molecule has 0 bridgehead atoms. The Morgan fingerprint density at radius 3 is 2.19 bits per heavy atom. The molecule has 0 radical (unpaired) electrons. The zero-order chi connectivity index (χ0) is 12.4. The van der Waals surface area contributed by atoms with E-state index in [1.165, 1.54) is 0 Å². The number of aliphatic hydroxyl groups excluding tert-OH is 2. The standard InChI is InChI=1S/C12H24O4/c1-3-5-10(6-4-2)12(15)16-8-7-11(14)9-13/h10-11,13-14H,3-9H2,1-2H3. The van der Waals surface area contributed by atoms with E-state index in [4.69, 9.17) is 14.9 Å². The molecule has 0 rings (SSSR count). The summed E-state index contributed by atoms with van der Waals surface area (Å²) in [6, 6.07) is 0. The Bertz CT molecular complexity index is 176. The fourth-order valence-corrected chi connectivity index (χ4v) is 1.58. The second-order valence-electron chi connectivity index (χ2n) is 4.07. The van der Waals surface area contributed by atoms with E-state index in [0.717, 1.165) is 25.7 Å². The molecule has 1 atom stereocenters. The van der Waals surface area contributed by atoms with Crippen LogP contribution in [0.25, 0.3) is 0 Å². The predicted molar refractivity (Wildman–Crippen MR) is 62.0 cm³/mol. The fourth-order valence-electron chi connectivity index (χ4n) is 1.58. The maximum absolute atomic E-state index is 11.6. The smallest absolute Gasteiger partial charge is 0.308 e. The Kier molecular flexibility index (Phi) is 9.24. The Morgan fingerprint density at radius 1 is 1.19 bits per heavy atom. The maximum Gasteiger partial charge on any atom is 0.308 e. The highest BCUT2D eigenvalue weighted by atomic mass is 16.5. The van der Waals surface area contributed by atoms with Crippen molar-refractivity contribution in [1.82, 2.24) is 0 Å². The Morgan fingerprint density at radius 2 is 1.75 bits per heavy atom. The van der Waals surface area contributed by atoms with Crippen LogP contribution >= 0.6 is 0 Å². The largest absolute Gasteiger partial charge is 0.465 e. The van der Waals surface area contributed by atoms with E-state index in [1.54, 1.807) is 0 Å². The minimum Gasteiger partial charge on any atom is -0.465 e. The molecule has 0 saturated heterocycles. The van der Waals surface area contributed by atoms with Crippen molar-refractivity contribution in [3.63, 3.8) is 0 Å². The van der Waals surface area contributed by atoms with Crippen molar-refractivity contribution in [2.75, 3.05) is 13.2 Å². The summed E-state index contributed by atoms with van der Waals surface area (Å²) < 4.78 is 5.07. The Balaban J connectivity index is 3.81. The number of carbonyl (C=O) groups excluding carboxylic acids is 1. The van der Waals surface area contributed by atoms with Gasteiger partial charge in [-0.3, -0.25) is 4.79 Å². The minimum atomic E-state index is -0.788. The van der Waals surface area contributed by atoms with Crippen molar-refractivity contribution in [3.05, 3.63) is 0 Å². The van der Waals surface area contributed by atoms with Gasteiger partial charge in [0.1, 0.15) is 0 Å². The molecule has 4 nitrogen and oxygen atoms in total. The average Bonchev–Trinajstić information content (AvgIpc) is 2.28. The summed E-state index contributed by atoms with van der Waals surface area (Å²) >= 11 is 0. The van der Waals surface area contributed by atoms with E-state index in [2.05, 4.69) is 0 Å². The third kappa shape index (κ3) is 6.80. The molecule has 0 amide bonds. The van der Waals surface area contributed by atoms with Gasteiger partial charge in [-0.2, -0.15) is 0 Å². The van der Waals surface area contributed by atoms with Crippen LogP contribution in [0.15, 0.2) is 0 Å². The number of hydrogen-bond donors (Lipinski definition) is 2. The van der Waals surface area contributed by atoms with Crippen LogP contribution in [0.4, 0.5) is 0 Å². The molecule has 2 N–H and O–H groups in total. The number of hydrogen-bond acceptors (Lipinski definition) is 4. The van der Waals surface area contributed by atoms with Gasteiger partial charge in [-0.25, -0.2) is 0 Å². The maximum atomic E-state index is 11.6. The first-order chi connectivity index (χ1) is 7.65. The molecular formula is C12H24O4. The zero-order valence-electron chi connectivity index (χ0n) is 10.3. The van der Waals surface area contributed by atoms with E-state index in [0.29, 0.717) is 6.42 Å². The van der Waals surface area contributed by atoms with Crippen molar-refractivity contribution in [2.45, 2.75) is 52.1 Å². The second-order valence-corrected chi connectivity index (χ2v) is 4.07. The molecule has 0 aromatic rings. The van der Waals surface area contributed by atoms with Crippen LogP contribution in [0, 0.1) is 5.92 Å². The third-order valence-electron chi connectivity index (χ3n) is 2.51. The molecule has 0 aromatic heterocycles. The topological polar surface area (TPSA) is 66.8 Å². The average molecular weight is 232 g/mol. The van der Waals surface area contributed by atoms with Crippen LogP contribution in [0.5, 0.6) is 0 Å². The summed E-state index contributed by atoms with van der Waals surface area (Å²) in [5.74, 6) is -0.185. The van der Waals surface area contributed by atoms with Crippen LogP contribution in [-0.4, -0.2) is 35.5 Å². The first-order valence-electron chi connectivity index (χ1n) is 6.11. The van der Waals surface area contributed by atoms with E-state index in [-0.39, 0.29) is 25.1 Å². The normalized spacial score (nSPS) is 12.8. The van der Waals surface area contributed by atoms with Crippen molar-refractivity contribution in [3.8, 4) is 0 Å². The van der Waals surface area contributed by atoms with Crippen LogP contribution in [0.1, 0.15) is 46.0 Å². The van der Waals surface area contributed by atoms with Gasteiger partial charge in [0.15, 0.2) is 0 Å². The van der Waals surface area contributed by atoms with Gasteiger partial charge in [-0.05, 0) is 12.8 Å². The molecule has 4 heteroatoms. The van der Waals surface area contributed by atoms with E-state index in [9.17, 15) is 4.79 Å². The lowest BCUT2D eigenvalue weighted by Gasteiger charge is -2.15. The second kappa shape index (κ2) is 9.60. The summed E-state index contributed by atoms with van der Waals surface area (Å²) in [5, 5.41) is 17.7. The zero-order valence-corrected chi connectivity index (χ0v) is 10.3. The number of carbonyl (C=O) groups is 1. The predicted octanol–water partition coefficient (Wildman–Crippen LogP) is 1.49. The molecule has 0 aromatic carbocycles. The summed E-state index contributed by atoms with van der Waals surface area (Å²) in [7, 11) is 0. The first-order valence-corrected chi connectivity index (χ1v) is 6.11. The molecular weight excluding hydrogens is 208 g/mol. The number of rotatable bonds is 9. The van der Waals surface area contributed by atoms with Gasteiger partial charge in [0.2, 0.25) is 0 Å². The van der Waals surface area contributed by atoms with Gasteiger partial charge in [0, 0.05) is 6.42 Å². The molecule has 0 heterocycles. The summed E-state index contributed by atoms with van der Waals surface area (Å²) in [6.45, 7) is 3.99. The van der Waals surface area contributed by atoms with Crippen molar-refractivity contribution < 1.29 is 19.7 Å². The third-order valence-corrected chi connectivity index (χ3v) is 2.51. The molecule has 1 unspecified atom stereocenters. The van der Waals surface area contributed by atoms with Gasteiger partial charge in [0.25, 0.3) is 0 Å². The number of ether oxygens (including phenoxy) is 1. The summed E-state index contributed by atoms with van der Waals surface area (Å²) in [4.78, 5) is 11.6.